The van der Waals surface area contributed by atoms with Crippen LogP contribution in [0.4, 0.5) is 0 Å². The monoisotopic (exact) mass is 274 g/mol. The topological polar surface area (TPSA) is 68.3 Å². The Bertz CT molecular complexity index is 482. The summed E-state index contributed by atoms with van der Waals surface area (Å²) in [5, 5.41) is 9.13. The number of ether oxygens (including phenoxy) is 2. The molecule has 2 rings (SSSR count). The van der Waals surface area contributed by atoms with E-state index < -0.39 is 0 Å². The maximum Gasteiger partial charge on any atom is 0.140 e. The Labute approximate surface area is 120 Å². The van der Waals surface area contributed by atoms with Gasteiger partial charge < -0.3 is 15.2 Å². The summed E-state index contributed by atoms with van der Waals surface area (Å²) >= 11 is 0. The van der Waals surface area contributed by atoms with Crippen LogP contribution in [0.15, 0.2) is 18.2 Å². The number of methoxy groups -OCH3 is 1. The minimum Gasteiger partial charge on any atom is -0.497 e. The van der Waals surface area contributed by atoms with Crippen molar-refractivity contribution in [3.63, 3.8) is 0 Å². The quantitative estimate of drug-likeness (QED) is 0.896. The summed E-state index contributed by atoms with van der Waals surface area (Å²) in [6, 6.07) is 7.44. The zero-order chi connectivity index (χ0) is 14.4. The van der Waals surface area contributed by atoms with Gasteiger partial charge in [0.15, 0.2) is 0 Å². The largest absolute Gasteiger partial charge is 0.497 e. The van der Waals surface area contributed by atoms with Gasteiger partial charge in [-0.25, -0.2) is 0 Å². The Morgan fingerprint density at radius 1 is 1.30 bits per heavy atom. The maximum atomic E-state index is 9.13. The average molecular weight is 274 g/mol. The standard InChI is InChI=1S/C16H22N2O2/c1-19-15-7-6-13(10-18)16(8-15)20-11-14-5-3-2-4-12(14)9-17/h6-8,12,14H,2-5,9,11,17H2,1H3. The number of nitrogens with two attached hydrogens (primary N) is 1. The highest BCUT2D eigenvalue weighted by Gasteiger charge is 2.24. The van der Waals surface area contributed by atoms with Gasteiger partial charge in [0, 0.05) is 6.07 Å². The van der Waals surface area contributed by atoms with E-state index in [1.807, 2.05) is 0 Å². The number of hydrogen-bond donors (Lipinski definition) is 1. The molecule has 0 aliphatic heterocycles. The lowest BCUT2D eigenvalue weighted by molar-refractivity contribution is 0.153. The third kappa shape index (κ3) is 3.43. The van der Waals surface area contributed by atoms with E-state index in [1.165, 1.54) is 19.3 Å². The Morgan fingerprint density at radius 3 is 2.70 bits per heavy atom. The van der Waals surface area contributed by atoms with E-state index in [9.17, 15) is 0 Å². The molecular formula is C16H22N2O2. The smallest absolute Gasteiger partial charge is 0.140 e. The van der Waals surface area contributed by atoms with Crippen LogP contribution in [-0.4, -0.2) is 20.3 Å². The van der Waals surface area contributed by atoms with Gasteiger partial charge in [-0.2, -0.15) is 5.26 Å². The molecule has 108 valence electrons. The predicted molar refractivity (Wildman–Crippen MR) is 77.7 cm³/mol. The highest BCUT2D eigenvalue weighted by molar-refractivity contribution is 5.47. The fourth-order valence-corrected chi connectivity index (χ4v) is 2.85. The third-order valence-electron chi connectivity index (χ3n) is 4.13. The van der Waals surface area contributed by atoms with Crippen LogP contribution < -0.4 is 15.2 Å². The normalized spacial score (nSPS) is 22.1. The summed E-state index contributed by atoms with van der Waals surface area (Å²) in [5.74, 6) is 2.35. The van der Waals surface area contributed by atoms with E-state index in [2.05, 4.69) is 6.07 Å². The number of nitrogens with zero attached hydrogens (tertiary/aromatic N) is 1. The van der Waals surface area contributed by atoms with Crippen molar-refractivity contribution >= 4 is 0 Å². The molecule has 0 bridgehead atoms. The van der Waals surface area contributed by atoms with Gasteiger partial charge in [-0.15, -0.1) is 0 Å². The first-order chi connectivity index (χ1) is 9.78. The highest BCUT2D eigenvalue weighted by atomic mass is 16.5. The van der Waals surface area contributed by atoms with Gasteiger partial charge in [0.1, 0.15) is 17.6 Å². The van der Waals surface area contributed by atoms with Gasteiger partial charge in [0.2, 0.25) is 0 Å². The summed E-state index contributed by atoms with van der Waals surface area (Å²) in [4.78, 5) is 0. The van der Waals surface area contributed by atoms with Crippen LogP contribution in [0.2, 0.25) is 0 Å². The Hall–Kier alpha value is -1.73. The molecule has 1 aromatic carbocycles. The first-order valence-corrected chi connectivity index (χ1v) is 7.19. The predicted octanol–water partition coefficient (Wildman–Crippen LogP) is 2.71. The van der Waals surface area contributed by atoms with Gasteiger partial charge in [0.05, 0.1) is 19.3 Å². The molecule has 1 fully saturated rings. The molecule has 1 aliphatic rings. The van der Waals surface area contributed by atoms with E-state index in [-0.39, 0.29) is 0 Å². The van der Waals surface area contributed by atoms with Gasteiger partial charge >= 0.3 is 0 Å². The van der Waals surface area contributed by atoms with E-state index >= 15 is 0 Å². The van der Waals surface area contributed by atoms with E-state index in [0.717, 1.165) is 13.0 Å². The van der Waals surface area contributed by atoms with Crippen LogP contribution in [0, 0.1) is 23.2 Å². The molecule has 1 saturated carbocycles. The zero-order valence-electron chi connectivity index (χ0n) is 12.0. The van der Waals surface area contributed by atoms with Crippen LogP contribution in [-0.2, 0) is 0 Å². The summed E-state index contributed by atoms with van der Waals surface area (Å²) in [5.41, 5.74) is 6.38. The van der Waals surface area contributed by atoms with Crippen LogP contribution in [0.25, 0.3) is 0 Å². The van der Waals surface area contributed by atoms with Crippen molar-refractivity contribution in [3.8, 4) is 17.6 Å². The van der Waals surface area contributed by atoms with Gasteiger partial charge in [-0.1, -0.05) is 12.8 Å². The fraction of sp³-hybridized carbons (Fsp3) is 0.562. The van der Waals surface area contributed by atoms with Crippen LogP contribution >= 0.6 is 0 Å². The zero-order valence-corrected chi connectivity index (χ0v) is 12.0. The molecule has 0 radical (unpaired) electrons. The van der Waals surface area contributed by atoms with Crippen molar-refractivity contribution in [2.45, 2.75) is 25.7 Å². The van der Waals surface area contributed by atoms with Crippen molar-refractivity contribution in [2.24, 2.45) is 17.6 Å². The molecule has 2 unspecified atom stereocenters. The van der Waals surface area contributed by atoms with E-state index in [4.69, 9.17) is 20.5 Å². The van der Waals surface area contributed by atoms with E-state index in [1.54, 1.807) is 25.3 Å². The summed E-state index contributed by atoms with van der Waals surface area (Å²) < 4.78 is 11.1. The van der Waals surface area contributed by atoms with Crippen LogP contribution in [0.3, 0.4) is 0 Å². The minimum absolute atomic E-state index is 0.492. The molecule has 1 aliphatic carbocycles. The van der Waals surface area contributed by atoms with Crippen molar-refractivity contribution in [3.05, 3.63) is 23.8 Å². The van der Waals surface area contributed by atoms with Crippen molar-refractivity contribution in [1.29, 1.82) is 5.26 Å². The number of benzene rings is 1. The Balaban J connectivity index is 2.04. The molecule has 0 aromatic heterocycles. The fourth-order valence-electron chi connectivity index (χ4n) is 2.85. The summed E-state index contributed by atoms with van der Waals surface area (Å²) in [6.45, 7) is 1.35. The molecule has 1 aromatic rings. The molecule has 4 heteroatoms. The lowest BCUT2D eigenvalue weighted by Gasteiger charge is -2.30. The molecule has 0 heterocycles. The lowest BCUT2D eigenvalue weighted by Crippen LogP contribution is -2.30. The molecule has 2 atom stereocenters. The van der Waals surface area contributed by atoms with Crippen LogP contribution in [0.1, 0.15) is 31.2 Å². The maximum absolute atomic E-state index is 9.13. The Morgan fingerprint density at radius 2 is 2.05 bits per heavy atom. The van der Waals surface area contributed by atoms with Crippen LogP contribution in [0.5, 0.6) is 11.5 Å². The molecular weight excluding hydrogens is 252 g/mol. The summed E-state index contributed by atoms with van der Waals surface area (Å²) in [6.07, 6.45) is 4.86. The second-order valence-corrected chi connectivity index (χ2v) is 5.33. The molecule has 2 N–H and O–H groups in total. The third-order valence-corrected chi connectivity index (χ3v) is 4.13. The minimum atomic E-state index is 0.492. The van der Waals surface area contributed by atoms with Crippen molar-refractivity contribution < 1.29 is 9.47 Å². The number of rotatable bonds is 5. The molecule has 20 heavy (non-hydrogen) atoms. The van der Waals surface area contributed by atoms with Gasteiger partial charge in [-0.05, 0) is 43.4 Å². The average Bonchev–Trinajstić information content (AvgIpc) is 2.52. The molecule has 0 saturated heterocycles. The number of nitriles is 1. The Kier molecular flexibility index (Phi) is 5.25. The first-order valence-electron chi connectivity index (χ1n) is 7.19. The first kappa shape index (κ1) is 14.7. The SMILES string of the molecule is COc1ccc(C#N)c(OCC2CCCCC2CN)c1. The van der Waals surface area contributed by atoms with Gasteiger partial charge in [0.25, 0.3) is 0 Å². The second kappa shape index (κ2) is 7.16. The second-order valence-electron chi connectivity index (χ2n) is 5.33. The lowest BCUT2D eigenvalue weighted by atomic mass is 9.80. The molecule has 0 spiro atoms. The highest BCUT2D eigenvalue weighted by Crippen LogP contribution is 2.31. The molecule has 4 nitrogen and oxygen atoms in total. The van der Waals surface area contributed by atoms with Crippen molar-refractivity contribution in [2.75, 3.05) is 20.3 Å². The van der Waals surface area contributed by atoms with Crippen molar-refractivity contribution in [1.82, 2.24) is 0 Å². The molecule has 0 amide bonds. The van der Waals surface area contributed by atoms with E-state index in [0.29, 0.717) is 35.5 Å². The summed E-state index contributed by atoms with van der Waals surface area (Å²) in [7, 11) is 1.61. The van der Waals surface area contributed by atoms with Gasteiger partial charge in [-0.3, -0.25) is 0 Å². The number of hydrogen-bond acceptors (Lipinski definition) is 4.